The number of hydrogen-bond donors (Lipinski definition) is 0. The summed E-state index contributed by atoms with van der Waals surface area (Å²) >= 11 is 0. The molecule has 1 saturated heterocycles. The first-order chi connectivity index (χ1) is 15.0. The van der Waals surface area contributed by atoms with E-state index < -0.39 is 0 Å². The quantitative estimate of drug-likeness (QED) is 0.695. The summed E-state index contributed by atoms with van der Waals surface area (Å²) in [5, 5.41) is 0. The van der Waals surface area contributed by atoms with Crippen molar-refractivity contribution in [2.75, 3.05) is 49.1 Å². The number of fused-ring (bicyclic) bond motifs is 1. The molecule has 2 heterocycles. The minimum atomic E-state index is -0.0479. The molecular weight excluding hydrogens is 394 g/mol. The van der Waals surface area contributed by atoms with Crippen LogP contribution < -0.4 is 14.5 Å². The highest BCUT2D eigenvalue weighted by Crippen LogP contribution is 2.31. The van der Waals surface area contributed by atoms with Crippen LogP contribution in [0.2, 0.25) is 0 Å². The summed E-state index contributed by atoms with van der Waals surface area (Å²) < 4.78 is 5.60. The normalized spacial score (nSPS) is 15.8. The van der Waals surface area contributed by atoms with Crippen LogP contribution in [0.4, 0.5) is 11.4 Å². The Balaban J connectivity index is 1.27. The molecule has 0 bridgehead atoms. The molecule has 2 aromatic carbocycles. The Bertz CT molecular complexity index is 965. The van der Waals surface area contributed by atoms with Crippen LogP contribution in [0.3, 0.4) is 0 Å². The van der Waals surface area contributed by atoms with Gasteiger partial charge in [-0.2, -0.15) is 0 Å². The lowest BCUT2D eigenvalue weighted by Crippen LogP contribution is -2.49. The molecular formula is C24H27N3O4. The molecule has 162 valence electrons. The van der Waals surface area contributed by atoms with Crippen molar-refractivity contribution in [1.29, 1.82) is 0 Å². The molecule has 7 nitrogen and oxygen atoms in total. The van der Waals surface area contributed by atoms with Crippen LogP contribution in [0.1, 0.15) is 30.1 Å². The zero-order valence-electron chi connectivity index (χ0n) is 17.8. The van der Waals surface area contributed by atoms with Crippen LogP contribution in [0.25, 0.3) is 0 Å². The number of para-hydroxylation sites is 2. The number of rotatable bonds is 5. The van der Waals surface area contributed by atoms with Gasteiger partial charge in [0.2, 0.25) is 11.8 Å². The molecule has 0 saturated carbocycles. The maximum atomic E-state index is 12.7. The lowest BCUT2D eigenvalue weighted by atomic mass is 10.1. The summed E-state index contributed by atoms with van der Waals surface area (Å²) in [4.78, 5) is 42.6. The van der Waals surface area contributed by atoms with Gasteiger partial charge in [-0.1, -0.05) is 12.1 Å². The number of Topliss-reactive ketones (excluding diaryl/α,β-unsaturated/α-hetero) is 1. The number of piperazine rings is 1. The Labute approximate surface area is 182 Å². The summed E-state index contributed by atoms with van der Waals surface area (Å²) in [6.07, 6.45) is 0.408. The fourth-order valence-corrected chi connectivity index (χ4v) is 4.06. The van der Waals surface area contributed by atoms with Gasteiger partial charge in [0.1, 0.15) is 12.4 Å². The lowest BCUT2D eigenvalue weighted by molar-refractivity contribution is -0.133. The first-order valence-electron chi connectivity index (χ1n) is 10.7. The zero-order valence-corrected chi connectivity index (χ0v) is 17.8. The topological polar surface area (TPSA) is 70.2 Å². The number of ketones is 1. The molecule has 0 atom stereocenters. The van der Waals surface area contributed by atoms with E-state index >= 15 is 0 Å². The summed E-state index contributed by atoms with van der Waals surface area (Å²) in [5.41, 5.74) is 2.53. The first kappa shape index (κ1) is 20.9. The molecule has 0 aliphatic carbocycles. The third-order valence-corrected chi connectivity index (χ3v) is 5.85. The molecule has 2 aromatic rings. The lowest BCUT2D eigenvalue weighted by Gasteiger charge is -2.36. The van der Waals surface area contributed by atoms with E-state index in [2.05, 4.69) is 4.90 Å². The highest BCUT2D eigenvalue weighted by Gasteiger charge is 2.26. The van der Waals surface area contributed by atoms with E-state index in [1.165, 1.54) is 0 Å². The fourth-order valence-electron chi connectivity index (χ4n) is 4.06. The SMILES string of the molecule is CC(=O)c1ccc(N2CCN(C(=O)CCC(=O)N3CCOc4ccccc43)CC2)cc1. The Hall–Kier alpha value is -3.35. The van der Waals surface area contributed by atoms with Crippen LogP contribution in [-0.2, 0) is 9.59 Å². The number of carbonyl (C=O) groups excluding carboxylic acids is 3. The Morgan fingerprint density at radius 1 is 0.839 bits per heavy atom. The third kappa shape index (κ3) is 4.71. The minimum Gasteiger partial charge on any atom is -0.490 e. The molecule has 2 aliphatic heterocycles. The number of nitrogens with zero attached hydrogens (tertiary/aromatic N) is 3. The van der Waals surface area contributed by atoms with Crippen molar-refractivity contribution in [3.8, 4) is 5.75 Å². The maximum Gasteiger partial charge on any atom is 0.227 e. The van der Waals surface area contributed by atoms with Gasteiger partial charge in [0.15, 0.2) is 5.78 Å². The fraction of sp³-hybridized carbons (Fsp3) is 0.375. The van der Waals surface area contributed by atoms with E-state index in [0.717, 1.165) is 24.5 Å². The summed E-state index contributed by atoms with van der Waals surface area (Å²) in [6.45, 7) is 5.24. The second kappa shape index (κ2) is 9.20. The van der Waals surface area contributed by atoms with Gasteiger partial charge in [0.25, 0.3) is 0 Å². The van der Waals surface area contributed by atoms with Gasteiger partial charge in [-0.05, 0) is 43.3 Å². The van der Waals surface area contributed by atoms with E-state index in [0.29, 0.717) is 37.6 Å². The van der Waals surface area contributed by atoms with E-state index in [9.17, 15) is 14.4 Å². The standard InChI is InChI=1S/C24H27N3O4/c1-18(28)19-6-8-20(9-7-19)25-12-14-26(15-13-25)23(29)10-11-24(30)27-16-17-31-22-5-3-2-4-21(22)27/h2-9H,10-17H2,1H3. The number of benzene rings is 2. The van der Waals surface area contributed by atoms with E-state index in [-0.39, 0.29) is 30.4 Å². The van der Waals surface area contributed by atoms with Gasteiger partial charge in [-0.15, -0.1) is 0 Å². The number of ether oxygens (including phenoxy) is 1. The number of anilines is 2. The Kier molecular flexibility index (Phi) is 6.21. The van der Waals surface area contributed by atoms with E-state index in [1.807, 2.05) is 53.4 Å². The van der Waals surface area contributed by atoms with Crippen LogP contribution >= 0.6 is 0 Å². The Morgan fingerprint density at radius 2 is 1.52 bits per heavy atom. The first-order valence-corrected chi connectivity index (χ1v) is 10.7. The number of hydrogen-bond acceptors (Lipinski definition) is 5. The van der Waals surface area contributed by atoms with Crippen molar-refractivity contribution in [3.05, 3.63) is 54.1 Å². The van der Waals surface area contributed by atoms with Crippen LogP contribution in [0.5, 0.6) is 5.75 Å². The smallest absolute Gasteiger partial charge is 0.227 e. The summed E-state index contributed by atoms with van der Waals surface area (Å²) in [6, 6.07) is 15.1. The number of amides is 2. The predicted octanol–water partition coefficient (Wildman–Crippen LogP) is 2.74. The van der Waals surface area contributed by atoms with Crippen molar-refractivity contribution in [2.45, 2.75) is 19.8 Å². The van der Waals surface area contributed by atoms with Gasteiger partial charge in [-0.3, -0.25) is 14.4 Å². The molecule has 0 spiro atoms. The molecule has 0 radical (unpaired) electrons. The molecule has 7 heteroatoms. The minimum absolute atomic E-state index is 0.0153. The van der Waals surface area contributed by atoms with Crippen molar-refractivity contribution in [3.63, 3.8) is 0 Å². The third-order valence-electron chi connectivity index (χ3n) is 5.85. The van der Waals surface area contributed by atoms with E-state index in [4.69, 9.17) is 4.74 Å². The predicted molar refractivity (Wildman–Crippen MR) is 119 cm³/mol. The summed E-state index contributed by atoms with van der Waals surface area (Å²) in [7, 11) is 0. The van der Waals surface area contributed by atoms with Gasteiger partial charge in [-0.25, -0.2) is 0 Å². The zero-order chi connectivity index (χ0) is 21.8. The van der Waals surface area contributed by atoms with E-state index in [1.54, 1.807) is 11.8 Å². The highest BCUT2D eigenvalue weighted by molar-refractivity contribution is 5.97. The average Bonchev–Trinajstić information content (AvgIpc) is 2.82. The van der Waals surface area contributed by atoms with Gasteiger partial charge in [0, 0.05) is 50.3 Å². The highest BCUT2D eigenvalue weighted by atomic mass is 16.5. The summed E-state index contributed by atoms with van der Waals surface area (Å²) in [5.74, 6) is 0.729. The molecule has 2 amide bonds. The van der Waals surface area contributed by atoms with Crippen molar-refractivity contribution < 1.29 is 19.1 Å². The molecule has 4 rings (SSSR count). The van der Waals surface area contributed by atoms with Crippen LogP contribution in [0, 0.1) is 0 Å². The monoisotopic (exact) mass is 421 g/mol. The number of carbonyl (C=O) groups is 3. The van der Waals surface area contributed by atoms with Gasteiger partial charge in [0.05, 0.1) is 12.2 Å². The molecule has 0 N–H and O–H groups in total. The van der Waals surface area contributed by atoms with Crippen molar-refractivity contribution >= 4 is 29.0 Å². The van der Waals surface area contributed by atoms with Crippen LogP contribution in [-0.4, -0.2) is 61.8 Å². The van der Waals surface area contributed by atoms with Crippen molar-refractivity contribution in [1.82, 2.24) is 4.90 Å². The second-order valence-corrected chi connectivity index (χ2v) is 7.83. The molecule has 31 heavy (non-hydrogen) atoms. The van der Waals surface area contributed by atoms with Gasteiger partial charge < -0.3 is 19.4 Å². The Morgan fingerprint density at radius 3 is 2.23 bits per heavy atom. The largest absolute Gasteiger partial charge is 0.490 e. The van der Waals surface area contributed by atoms with Crippen LogP contribution in [0.15, 0.2) is 48.5 Å². The molecule has 2 aliphatic rings. The molecule has 0 aromatic heterocycles. The van der Waals surface area contributed by atoms with Gasteiger partial charge >= 0.3 is 0 Å². The molecule has 1 fully saturated rings. The second-order valence-electron chi connectivity index (χ2n) is 7.83. The maximum absolute atomic E-state index is 12.7. The van der Waals surface area contributed by atoms with Crippen molar-refractivity contribution in [2.24, 2.45) is 0 Å². The molecule has 0 unspecified atom stereocenters. The average molecular weight is 421 g/mol.